The molecule has 0 radical (unpaired) electrons. The molecule has 0 saturated carbocycles. The van der Waals surface area contributed by atoms with Crippen molar-refractivity contribution in [3.63, 3.8) is 0 Å². The maximum Gasteiger partial charge on any atom is 0.0843 e. The third-order valence-electron chi connectivity index (χ3n) is 3.29. The largest absolute Gasteiger partial charge is 0.411 e. The summed E-state index contributed by atoms with van der Waals surface area (Å²) in [4.78, 5) is 0. The summed E-state index contributed by atoms with van der Waals surface area (Å²) in [6, 6.07) is 16.5. The number of hydrogen-bond donors (Lipinski definition) is 1. The number of benzene rings is 2. The Labute approximate surface area is 147 Å². The molecule has 0 aliphatic carbocycles. The van der Waals surface area contributed by atoms with Gasteiger partial charge in [0, 0.05) is 5.57 Å². The van der Waals surface area contributed by atoms with Crippen molar-refractivity contribution in [3.8, 4) is 0 Å². The molecule has 0 bridgehead atoms. The van der Waals surface area contributed by atoms with Crippen LogP contribution in [0, 0.1) is 13.8 Å². The molecule has 0 unspecified atom stereocenters. The van der Waals surface area contributed by atoms with Crippen molar-refractivity contribution >= 4 is 17.4 Å². The summed E-state index contributed by atoms with van der Waals surface area (Å²) in [5, 5.41) is 12.4. The smallest absolute Gasteiger partial charge is 0.0843 e. The van der Waals surface area contributed by atoms with Gasteiger partial charge in [0.1, 0.15) is 0 Å². The van der Waals surface area contributed by atoms with Gasteiger partial charge in [0.15, 0.2) is 0 Å². The lowest BCUT2D eigenvalue weighted by atomic mass is 9.98. The first kappa shape index (κ1) is 21.7. The second-order valence-corrected chi connectivity index (χ2v) is 5.02. The van der Waals surface area contributed by atoms with E-state index in [2.05, 4.69) is 55.4 Å². The van der Waals surface area contributed by atoms with Crippen LogP contribution in [0.3, 0.4) is 0 Å². The van der Waals surface area contributed by atoms with E-state index in [1.54, 1.807) is 6.92 Å². The fourth-order valence-corrected chi connectivity index (χ4v) is 2.01. The average Bonchev–Trinajstić information content (AvgIpc) is 2.65. The lowest BCUT2D eigenvalue weighted by molar-refractivity contribution is 0.319. The molecule has 2 nitrogen and oxygen atoms in total. The lowest BCUT2D eigenvalue weighted by Gasteiger charge is -2.07. The lowest BCUT2D eigenvalue weighted by Crippen LogP contribution is -1.97. The summed E-state index contributed by atoms with van der Waals surface area (Å²) in [7, 11) is 0. The Morgan fingerprint density at radius 2 is 1.21 bits per heavy atom. The summed E-state index contributed by atoms with van der Waals surface area (Å²) in [5.74, 6) is 0. The highest BCUT2D eigenvalue weighted by Gasteiger charge is 2.06. The molecule has 0 amide bonds. The number of rotatable bonds is 3. The molecule has 1 N–H and O–H groups in total. The molecule has 0 aromatic heterocycles. The Morgan fingerprint density at radius 1 is 0.792 bits per heavy atom. The Hall–Kier alpha value is -2.35. The first-order valence-corrected chi connectivity index (χ1v) is 8.64. The van der Waals surface area contributed by atoms with Crippen molar-refractivity contribution in [1.29, 1.82) is 0 Å². The molecule has 2 rings (SSSR count). The van der Waals surface area contributed by atoms with Gasteiger partial charge in [-0.15, -0.1) is 0 Å². The Kier molecular flexibility index (Phi) is 10.9. The summed E-state index contributed by atoms with van der Waals surface area (Å²) < 4.78 is 0. The van der Waals surface area contributed by atoms with Gasteiger partial charge in [0.25, 0.3) is 0 Å². The van der Waals surface area contributed by atoms with Crippen molar-refractivity contribution in [3.05, 3.63) is 70.8 Å². The third-order valence-corrected chi connectivity index (χ3v) is 3.29. The Morgan fingerprint density at radius 3 is 1.62 bits per heavy atom. The predicted octanol–water partition coefficient (Wildman–Crippen LogP) is 6.75. The van der Waals surface area contributed by atoms with Crippen LogP contribution in [0.15, 0.2) is 53.7 Å². The molecule has 0 fully saturated rings. The first-order chi connectivity index (χ1) is 11.6. The molecule has 2 heteroatoms. The monoisotopic (exact) mass is 325 g/mol. The van der Waals surface area contributed by atoms with Gasteiger partial charge in [-0.1, -0.05) is 92.5 Å². The van der Waals surface area contributed by atoms with E-state index < -0.39 is 0 Å². The van der Waals surface area contributed by atoms with Crippen LogP contribution in [0.1, 0.15) is 56.9 Å². The van der Waals surface area contributed by atoms with Crippen LogP contribution in [0.2, 0.25) is 0 Å². The van der Waals surface area contributed by atoms with E-state index in [9.17, 15) is 0 Å². The maximum absolute atomic E-state index is 9.09. The molecule has 0 saturated heterocycles. The van der Waals surface area contributed by atoms with Crippen LogP contribution < -0.4 is 0 Å². The molecule has 2 aromatic carbocycles. The molecule has 0 heterocycles. The van der Waals surface area contributed by atoms with Crippen LogP contribution in [-0.2, 0) is 0 Å². The van der Waals surface area contributed by atoms with Crippen LogP contribution in [0.5, 0.6) is 0 Å². The van der Waals surface area contributed by atoms with Crippen LogP contribution in [-0.4, -0.2) is 10.9 Å². The van der Waals surface area contributed by atoms with Crippen molar-refractivity contribution in [1.82, 2.24) is 0 Å². The van der Waals surface area contributed by atoms with Gasteiger partial charge in [0.2, 0.25) is 0 Å². The molecule has 130 valence electrons. The Bertz CT molecular complexity index is 635. The van der Waals surface area contributed by atoms with E-state index in [0.29, 0.717) is 5.71 Å². The van der Waals surface area contributed by atoms with Crippen LogP contribution in [0.25, 0.3) is 11.6 Å². The normalized spacial score (nSPS) is 11.0. The minimum Gasteiger partial charge on any atom is -0.411 e. The predicted molar refractivity (Wildman–Crippen MR) is 108 cm³/mol. The fourth-order valence-electron chi connectivity index (χ4n) is 2.01. The van der Waals surface area contributed by atoms with E-state index in [-0.39, 0.29) is 0 Å². The van der Waals surface area contributed by atoms with Gasteiger partial charge >= 0.3 is 0 Å². The minimum atomic E-state index is 0.606. The number of oxime groups is 1. The van der Waals surface area contributed by atoms with Crippen LogP contribution in [0.4, 0.5) is 0 Å². The minimum absolute atomic E-state index is 0.606. The number of hydrogen-bond acceptors (Lipinski definition) is 2. The van der Waals surface area contributed by atoms with Crippen LogP contribution >= 0.6 is 0 Å². The zero-order chi connectivity index (χ0) is 18.5. The molecule has 0 atom stereocenters. The number of allylic oxidation sites excluding steroid dienone is 1. The van der Waals surface area contributed by atoms with Crippen molar-refractivity contribution in [2.75, 3.05) is 0 Å². The fraction of sp³-hybridized carbons (Fsp3) is 0.318. The van der Waals surface area contributed by atoms with E-state index in [0.717, 1.165) is 16.7 Å². The molecule has 0 aliphatic heterocycles. The van der Waals surface area contributed by atoms with Gasteiger partial charge in [-0.25, -0.2) is 0 Å². The average molecular weight is 325 g/mol. The zero-order valence-electron chi connectivity index (χ0n) is 16.1. The highest BCUT2D eigenvalue weighted by Crippen LogP contribution is 2.21. The zero-order valence-corrected chi connectivity index (χ0v) is 16.1. The van der Waals surface area contributed by atoms with Gasteiger partial charge < -0.3 is 5.21 Å². The summed E-state index contributed by atoms with van der Waals surface area (Å²) in [6.45, 7) is 13.9. The first-order valence-electron chi connectivity index (χ1n) is 8.64. The number of nitrogens with zero attached hydrogens (tertiary/aromatic N) is 1. The van der Waals surface area contributed by atoms with Gasteiger partial charge in [-0.3, -0.25) is 0 Å². The third kappa shape index (κ3) is 6.82. The maximum atomic E-state index is 9.09. The second-order valence-electron chi connectivity index (χ2n) is 5.02. The van der Waals surface area contributed by atoms with E-state index in [4.69, 9.17) is 5.21 Å². The molecule has 0 spiro atoms. The Balaban J connectivity index is 0.00000123. The standard InChI is InChI=1S/C18H19NO.2C2H6/c1-13-4-8-16(9-5-13)12-18(15(3)19-20)17-10-6-14(2)7-11-17;2*1-2/h4-12,20H,1-3H3;2*1-2H3/b18-12-,19-15?;;. The van der Waals surface area contributed by atoms with Gasteiger partial charge in [0.05, 0.1) is 5.71 Å². The highest BCUT2D eigenvalue weighted by atomic mass is 16.4. The van der Waals surface area contributed by atoms with E-state index >= 15 is 0 Å². The SMILES string of the molecule is CC.CC.CC(=NO)/C(=C/c1ccc(C)cc1)c1ccc(C)cc1. The summed E-state index contributed by atoms with van der Waals surface area (Å²) >= 11 is 0. The van der Waals surface area contributed by atoms with Gasteiger partial charge in [-0.2, -0.15) is 0 Å². The van der Waals surface area contributed by atoms with Gasteiger partial charge in [-0.05, 0) is 38.0 Å². The molecule has 24 heavy (non-hydrogen) atoms. The second kappa shape index (κ2) is 12.1. The molecular formula is C22H31NO. The summed E-state index contributed by atoms with van der Waals surface area (Å²) in [5.41, 5.74) is 6.11. The van der Waals surface area contributed by atoms with Crippen molar-refractivity contribution in [2.24, 2.45) is 5.16 Å². The highest BCUT2D eigenvalue weighted by molar-refractivity contribution is 6.26. The number of aryl methyl sites for hydroxylation is 2. The quantitative estimate of drug-likeness (QED) is 0.288. The van der Waals surface area contributed by atoms with E-state index in [1.165, 1.54) is 11.1 Å². The molecule has 0 aliphatic rings. The molecular weight excluding hydrogens is 294 g/mol. The van der Waals surface area contributed by atoms with Crippen molar-refractivity contribution in [2.45, 2.75) is 48.5 Å². The topological polar surface area (TPSA) is 32.6 Å². The van der Waals surface area contributed by atoms with E-state index in [1.807, 2.05) is 45.9 Å². The van der Waals surface area contributed by atoms with Crippen molar-refractivity contribution < 1.29 is 5.21 Å². The summed E-state index contributed by atoms with van der Waals surface area (Å²) in [6.07, 6.45) is 2.04. The molecule has 2 aromatic rings.